The molecule has 2 nitrogen and oxygen atoms in total. The average Bonchev–Trinajstić information content (AvgIpc) is 2.99. The Balaban J connectivity index is 2.16. The van der Waals surface area contributed by atoms with Crippen molar-refractivity contribution in [2.75, 3.05) is 7.11 Å². The Labute approximate surface area is 99.5 Å². The zero-order valence-corrected chi connectivity index (χ0v) is 9.98. The van der Waals surface area contributed by atoms with E-state index in [9.17, 15) is 4.39 Å². The number of ether oxygens (including phenoxy) is 1. The minimum atomic E-state index is -0.483. The first-order chi connectivity index (χ1) is 7.56. The van der Waals surface area contributed by atoms with Crippen molar-refractivity contribution in [1.29, 1.82) is 0 Å². The molecule has 2 rings (SSSR count). The monoisotopic (exact) mass is 243 g/mol. The Morgan fingerprint density at radius 2 is 2.19 bits per heavy atom. The van der Waals surface area contributed by atoms with E-state index in [1.165, 1.54) is 7.11 Å². The van der Waals surface area contributed by atoms with Gasteiger partial charge in [-0.25, -0.2) is 4.39 Å². The van der Waals surface area contributed by atoms with E-state index in [0.29, 0.717) is 0 Å². The molecular weight excluding hydrogens is 229 g/mol. The lowest BCUT2D eigenvalue weighted by atomic mass is 10.0. The third-order valence-electron chi connectivity index (χ3n) is 3.12. The lowest BCUT2D eigenvalue weighted by Gasteiger charge is -2.12. The highest BCUT2D eigenvalue weighted by Gasteiger charge is 2.37. The van der Waals surface area contributed by atoms with Crippen molar-refractivity contribution in [2.24, 2.45) is 5.73 Å². The molecule has 4 heteroatoms. The van der Waals surface area contributed by atoms with E-state index >= 15 is 0 Å². The van der Waals surface area contributed by atoms with E-state index in [0.717, 1.165) is 31.2 Å². The summed E-state index contributed by atoms with van der Waals surface area (Å²) >= 11 is 5.69. The molecule has 1 aliphatic carbocycles. The van der Waals surface area contributed by atoms with Crippen LogP contribution in [0.2, 0.25) is 5.02 Å². The van der Waals surface area contributed by atoms with Gasteiger partial charge in [0.15, 0.2) is 11.6 Å². The van der Waals surface area contributed by atoms with Crippen molar-refractivity contribution in [3.05, 3.63) is 28.5 Å². The summed E-state index contributed by atoms with van der Waals surface area (Å²) in [6.07, 6.45) is 3.72. The van der Waals surface area contributed by atoms with E-state index < -0.39 is 5.82 Å². The Bertz CT molecular complexity index is 404. The number of halogens is 2. The van der Waals surface area contributed by atoms with E-state index in [4.69, 9.17) is 22.1 Å². The molecule has 1 saturated carbocycles. The van der Waals surface area contributed by atoms with E-state index in [2.05, 4.69) is 0 Å². The van der Waals surface area contributed by atoms with Crippen LogP contribution in [0, 0.1) is 5.82 Å². The summed E-state index contributed by atoms with van der Waals surface area (Å²) in [7, 11) is 1.45. The fourth-order valence-electron chi connectivity index (χ4n) is 1.78. The van der Waals surface area contributed by atoms with Crippen LogP contribution in [-0.2, 0) is 6.42 Å². The first-order valence-corrected chi connectivity index (χ1v) is 5.73. The molecule has 1 aliphatic rings. The molecule has 0 bridgehead atoms. The minimum Gasteiger partial charge on any atom is -0.493 e. The first-order valence-electron chi connectivity index (χ1n) is 5.35. The number of nitrogens with two attached hydrogens (primary N) is 1. The van der Waals surface area contributed by atoms with Gasteiger partial charge in [-0.15, -0.1) is 0 Å². The van der Waals surface area contributed by atoms with Crippen molar-refractivity contribution in [2.45, 2.75) is 31.2 Å². The molecule has 1 fully saturated rings. The van der Waals surface area contributed by atoms with Gasteiger partial charge in [-0.1, -0.05) is 17.7 Å². The quantitative estimate of drug-likeness (QED) is 0.883. The molecule has 1 aromatic carbocycles. The summed E-state index contributed by atoms with van der Waals surface area (Å²) < 4.78 is 18.7. The highest BCUT2D eigenvalue weighted by atomic mass is 35.5. The third-order valence-corrected chi connectivity index (χ3v) is 3.41. The zero-order chi connectivity index (χ0) is 11.8. The van der Waals surface area contributed by atoms with Gasteiger partial charge in [-0.2, -0.15) is 0 Å². The number of hydrogen-bond donors (Lipinski definition) is 1. The largest absolute Gasteiger partial charge is 0.493 e. The number of methoxy groups -OCH3 is 1. The van der Waals surface area contributed by atoms with Gasteiger partial charge in [0, 0.05) is 5.54 Å². The third kappa shape index (κ3) is 2.30. The lowest BCUT2D eigenvalue weighted by Crippen LogP contribution is -2.22. The van der Waals surface area contributed by atoms with Crippen LogP contribution < -0.4 is 10.5 Å². The van der Waals surface area contributed by atoms with Crippen molar-refractivity contribution < 1.29 is 9.13 Å². The standard InChI is InChI=1S/C12H15ClFNO/c1-16-11-8(2-3-9(13)10(11)14)4-5-12(15)6-7-12/h2-3H,4-7,15H2,1H3. The van der Waals surface area contributed by atoms with E-state index in [-0.39, 0.29) is 16.3 Å². The Hall–Kier alpha value is -0.800. The molecule has 1 aromatic rings. The van der Waals surface area contributed by atoms with Gasteiger partial charge >= 0.3 is 0 Å². The number of rotatable bonds is 4. The molecule has 0 spiro atoms. The smallest absolute Gasteiger partial charge is 0.183 e. The maximum atomic E-state index is 13.6. The van der Waals surface area contributed by atoms with Crippen LogP contribution in [-0.4, -0.2) is 12.6 Å². The highest BCUT2D eigenvalue weighted by Crippen LogP contribution is 2.38. The molecule has 0 unspecified atom stereocenters. The minimum absolute atomic E-state index is 0.0267. The fraction of sp³-hybridized carbons (Fsp3) is 0.500. The molecule has 0 radical (unpaired) electrons. The SMILES string of the molecule is COc1c(CCC2(N)CC2)ccc(Cl)c1F. The maximum absolute atomic E-state index is 13.6. The summed E-state index contributed by atoms with van der Waals surface area (Å²) in [5.74, 6) is -0.236. The van der Waals surface area contributed by atoms with Crippen LogP contribution in [0.5, 0.6) is 5.75 Å². The second-order valence-corrected chi connectivity index (χ2v) is 4.82. The van der Waals surface area contributed by atoms with E-state index in [1.54, 1.807) is 12.1 Å². The van der Waals surface area contributed by atoms with Crippen LogP contribution in [0.25, 0.3) is 0 Å². The molecular formula is C12H15ClFNO. The van der Waals surface area contributed by atoms with Crippen molar-refractivity contribution in [3.8, 4) is 5.75 Å². The fourth-order valence-corrected chi connectivity index (χ4v) is 1.93. The van der Waals surface area contributed by atoms with E-state index in [1.807, 2.05) is 0 Å². The second kappa shape index (κ2) is 4.22. The molecule has 88 valence electrons. The summed E-state index contributed by atoms with van der Waals surface area (Å²) in [5.41, 5.74) is 6.80. The van der Waals surface area contributed by atoms with Crippen LogP contribution in [0.3, 0.4) is 0 Å². The number of aryl methyl sites for hydroxylation is 1. The predicted octanol–water partition coefficient (Wildman–Crippen LogP) is 2.91. The summed E-state index contributed by atoms with van der Waals surface area (Å²) in [4.78, 5) is 0. The Kier molecular flexibility index (Phi) is 3.08. The summed E-state index contributed by atoms with van der Waals surface area (Å²) in [6.45, 7) is 0. The molecule has 0 heterocycles. The average molecular weight is 244 g/mol. The number of hydrogen-bond acceptors (Lipinski definition) is 2. The van der Waals surface area contributed by atoms with Crippen LogP contribution in [0.15, 0.2) is 12.1 Å². The molecule has 16 heavy (non-hydrogen) atoms. The molecule has 0 aliphatic heterocycles. The first kappa shape index (κ1) is 11.7. The Morgan fingerprint density at radius 1 is 1.50 bits per heavy atom. The molecule has 0 amide bonds. The van der Waals surface area contributed by atoms with Gasteiger partial charge in [0.2, 0.25) is 0 Å². The number of benzene rings is 1. The molecule has 0 aromatic heterocycles. The van der Waals surface area contributed by atoms with Gasteiger partial charge in [-0.3, -0.25) is 0 Å². The van der Waals surface area contributed by atoms with Gasteiger partial charge in [0.05, 0.1) is 12.1 Å². The van der Waals surface area contributed by atoms with Crippen molar-refractivity contribution in [1.82, 2.24) is 0 Å². The van der Waals surface area contributed by atoms with Gasteiger partial charge in [0.25, 0.3) is 0 Å². The van der Waals surface area contributed by atoms with Crippen molar-refractivity contribution in [3.63, 3.8) is 0 Å². The molecule has 2 N–H and O–H groups in total. The van der Waals surface area contributed by atoms with Crippen LogP contribution >= 0.6 is 11.6 Å². The highest BCUT2D eigenvalue weighted by molar-refractivity contribution is 6.30. The summed E-state index contributed by atoms with van der Waals surface area (Å²) in [5, 5.41) is 0.0921. The van der Waals surface area contributed by atoms with Crippen LogP contribution in [0.1, 0.15) is 24.8 Å². The van der Waals surface area contributed by atoms with Crippen molar-refractivity contribution >= 4 is 11.6 Å². The summed E-state index contributed by atoms with van der Waals surface area (Å²) in [6, 6.07) is 3.36. The molecule has 0 atom stereocenters. The maximum Gasteiger partial charge on any atom is 0.183 e. The van der Waals surface area contributed by atoms with Crippen LogP contribution in [0.4, 0.5) is 4.39 Å². The van der Waals surface area contributed by atoms with Gasteiger partial charge in [-0.05, 0) is 37.3 Å². The predicted molar refractivity (Wildman–Crippen MR) is 62.4 cm³/mol. The normalized spacial score (nSPS) is 17.2. The zero-order valence-electron chi connectivity index (χ0n) is 9.22. The van der Waals surface area contributed by atoms with Gasteiger partial charge < -0.3 is 10.5 Å². The Morgan fingerprint density at radius 3 is 2.75 bits per heavy atom. The molecule has 0 saturated heterocycles. The second-order valence-electron chi connectivity index (χ2n) is 4.42. The lowest BCUT2D eigenvalue weighted by molar-refractivity contribution is 0.380. The topological polar surface area (TPSA) is 35.2 Å². The van der Waals surface area contributed by atoms with Gasteiger partial charge in [0.1, 0.15) is 0 Å².